The summed E-state index contributed by atoms with van der Waals surface area (Å²) >= 11 is 1.40. The minimum absolute atomic E-state index is 0.159. The van der Waals surface area contributed by atoms with E-state index in [1.54, 1.807) is 28.6 Å². The molecule has 180 valence electrons. The first-order chi connectivity index (χ1) is 16.1. The number of aryl methyl sites for hydroxylation is 3. The monoisotopic (exact) mass is 497 g/mol. The molecule has 1 amide bonds. The van der Waals surface area contributed by atoms with Gasteiger partial charge >= 0.3 is 0 Å². The molecular formula is C26H31N3O3S2. The molecule has 0 unspecified atom stereocenters. The number of fused-ring (bicyclic) bond motifs is 1. The molecule has 1 aliphatic rings. The summed E-state index contributed by atoms with van der Waals surface area (Å²) in [6, 6.07) is 12.7. The molecule has 0 saturated carbocycles. The maximum atomic E-state index is 12.9. The summed E-state index contributed by atoms with van der Waals surface area (Å²) in [4.78, 5) is 17.6. The van der Waals surface area contributed by atoms with Gasteiger partial charge in [-0.05, 0) is 86.6 Å². The van der Waals surface area contributed by atoms with Crippen LogP contribution in [0.5, 0.6) is 0 Å². The number of carbonyl (C=O) groups is 1. The van der Waals surface area contributed by atoms with E-state index in [2.05, 4.69) is 37.4 Å². The van der Waals surface area contributed by atoms with Gasteiger partial charge in [-0.15, -0.1) is 0 Å². The predicted octanol–water partition coefficient (Wildman–Crippen LogP) is 5.31. The summed E-state index contributed by atoms with van der Waals surface area (Å²) < 4.78 is 27.3. The smallest absolute Gasteiger partial charge is 0.243 e. The lowest BCUT2D eigenvalue weighted by Gasteiger charge is -2.29. The molecule has 1 saturated heterocycles. The van der Waals surface area contributed by atoms with E-state index < -0.39 is 10.0 Å². The minimum Gasteiger partial charge on any atom is -0.325 e. The van der Waals surface area contributed by atoms with Crippen LogP contribution in [0.3, 0.4) is 0 Å². The van der Waals surface area contributed by atoms with Crippen LogP contribution in [-0.2, 0) is 14.8 Å². The molecular weight excluding hydrogens is 466 g/mol. The van der Waals surface area contributed by atoms with Crippen LogP contribution in [0.2, 0.25) is 0 Å². The van der Waals surface area contributed by atoms with Crippen LogP contribution in [0.25, 0.3) is 10.9 Å². The van der Waals surface area contributed by atoms with Gasteiger partial charge < -0.3 is 5.32 Å². The largest absolute Gasteiger partial charge is 0.325 e. The van der Waals surface area contributed by atoms with Crippen molar-refractivity contribution in [2.45, 2.75) is 50.5 Å². The van der Waals surface area contributed by atoms with E-state index >= 15 is 0 Å². The number of pyridine rings is 1. The van der Waals surface area contributed by atoms with E-state index in [-0.39, 0.29) is 16.6 Å². The Hall–Kier alpha value is -2.42. The second-order valence-electron chi connectivity index (χ2n) is 9.15. The number of hydrogen-bond acceptors (Lipinski definition) is 5. The molecule has 1 aliphatic heterocycles. The van der Waals surface area contributed by atoms with Crippen molar-refractivity contribution in [1.29, 1.82) is 0 Å². The zero-order valence-corrected chi connectivity index (χ0v) is 21.7. The van der Waals surface area contributed by atoms with Gasteiger partial charge in [0.25, 0.3) is 0 Å². The molecule has 0 atom stereocenters. The van der Waals surface area contributed by atoms with Crippen molar-refractivity contribution in [1.82, 2.24) is 9.29 Å². The molecule has 0 aliphatic carbocycles. The van der Waals surface area contributed by atoms with Gasteiger partial charge in [0.1, 0.15) is 5.03 Å². The Labute approximate surface area is 206 Å². The van der Waals surface area contributed by atoms with Crippen molar-refractivity contribution in [2.24, 2.45) is 5.92 Å². The van der Waals surface area contributed by atoms with Gasteiger partial charge in [-0.25, -0.2) is 13.4 Å². The summed E-state index contributed by atoms with van der Waals surface area (Å²) in [7, 11) is -3.50. The Morgan fingerprint density at radius 3 is 2.35 bits per heavy atom. The van der Waals surface area contributed by atoms with Gasteiger partial charge in [0, 0.05) is 24.2 Å². The molecule has 1 fully saturated rings. The average molecular weight is 498 g/mol. The number of benzene rings is 2. The fourth-order valence-corrected chi connectivity index (χ4v) is 6.43. The zero-order chi connectivity index (χ0) is 24.5. The maximum absolute atomic E-state index is 12.9. The highest BCUT2D eigenvalue weighted by atomic mass is 32.2. The van der Waals surface area contributed by atoms with Crippen molar-refractivity contribution in [3.63, 3.8) is 0 Å². The van der Waals surface area contributed by atoms with E-state index in [1.807, 2.05) is 13.8 Å². The number of anilines is 1. The lowest BCUT2D eigenvalue weighted by Crippen LogP contribution is -2.37. The molecule has 2 aromatic carbocycles. The number of carbonyl (C=O) groups excluding carboxylic acids is 1. The van der Waals surface area contributed by atoms with Crippen molar-refractivity contribution in [3.8, 4) is 0 Å². The van der Waals surface area contributed by atoms with Crippen LogP contribution in [0, 0.1) is 26.7 Å². The Bertz CT molecular complexity index is 1310. The van der Waals surface area contributed by atoms with E-state index in [4.69, 9.17) is 4.98 Å². The zero-order valence-electron chi connectivity index (χ0n) is 20.1. The van der Waals surface area contributed by atoms with Crippen LogP contribution >= 0.6 is 11.8 Å². The van der Waals surface area contributed by atoms with Crippen LogP contribution in [-0.4, -0.2) is 42.5 Å². The van der Waals surface area contributed by atoms with Gasteiger partial charge in [0.2, 0.25) is 15.9 Å². The lowest BCUT2D eigenvalue weighted by atomic mass is 10.0. The Morgan fingerprint density at radius 1 is 1.03 bits per heavy atom. The fourth-order valence-electron chi connectivity index (χ4n) is 4.18. The Kier molecular flexibility index (Phi) is 7.31. The molecule has 1 N–H and O–H groups in total. The fraction of sp³-hybridized carbons (Fsp3) is 0.385. The highest BCUT2D eigenvalue weighted by Crippen LogP contribution is 2.28. The normalized spacial score (nSPS) is 15.5. The number of nitrogens with zero attached hydrogens (tertiary/aromatic N) is 2. The number of rotatable bonds is 6. The standard InChI is InChI=1S/C26H31N3O3S2/c1-17-11-13-29(14-12-17)34(31,32)22-9-7-21(8-10-22)27-24(30)16-33-26-20(4)15-23-18(2)5-6-19(3)25(23)28-26/h5-10,15,17H,11-14,16H2,1-4H3,(H,27,30). The third-order valence-corrected chi connectivity index (χ3v) is 9.41. The molecule has 2 heterocycles. The number of nitrogens with one attached hydrogen (secondary N) is 1. The van der Waals surface area contributed by atoms with Gasteiger partial charge in [-0.1, -0.05) is 30.8 Å². The van der Waals surface area contributed by atoms with E-state index in [0.29, 0.717) is 24.7 Å². The second kappa shape index (κ2) is 10.1. The van der Waals surface area contributed by atoms with Crippen molar-refractivity contribution >= 4 is 44.3 Å². The summed E-state index contributed by atoms with van der Waals surface area (Å²) in [5.41, 5.74) is 4.88. The minimum atomic E-state index is -3.50. The van der Waals surface area contributed by atoms with Gasteiger partial charge in [0.05, 0.1) is 16.2 Å². The van der Waals surface area contributed by atoms with Crippen molar-refractivity contribution < 1.29 is 13.2 Å². The average Bonchev–Trinajstić information content (AvgIpc) is 2.81. The summed E-state index contributed by atoms with van der Waals surface area (Å²) in [5, 5.41) is 4.84. The van der Waals surface area contributed by atoms with Gasteiger partial charge in [0.15, 0.2) is 0 Å². The highest BCUT2D eigenvalue weighted by Gasteiger charge is 2.27. The number of amides is 1. The SMILES string of the molecule is Cc1cc2c(C)ccc(C)c2nc1SCC(=O)Nc1ccc(S(=O)(=O)N2CCC(C)CC2)cc1. The molecule has 0 radical (unpaired) electrons. The number of aromatic nitrogens is 1. The second-order valence-corrected chi connectivity index (χ2v) is 12.1. The van der Waals surface area contributed by atoms with Crippen molar-refractivity contribution in [2.75, 3.05) is 24.2 Å². The molecule has 34 heavy (non-hydrogen) atoms. The highest BCUT2D eigenvalue weighted by molar-refractivity contribution is 8.00. The molecule has 4 rings (SSSR count). The van der Waals surface area contributed by atoms with Crippen LogP contribution < -0.4 is 5.32 Å². The lowest BCUT2D eigenvalue weighted by molar-refractivity contribution is -0.113. The van der Waals surface area contributed by atoms with Crippen molar-refractivity contribution in [3.05, 3.63) is 59.2 Å². The van der Waals surface area contributed by atoms with Crippen LogP contribution in [0.4, 0.5) is 5.69 Å². The molecule has 1 aromatic heterocycles. The molecule has 8 heteroatoms. The van der Waals surface area contributed by atoms with E-state index in [0.717, 1.165) is 39.9 Å². The predicted molar refractivity (Wildman–Crippen MR) is 139 cm³/mol. The Morgan fingerprint density at radius 2 is 1.68 bits per heavy atom. The number of thioether (sulfide) groups is 1. The number of piperidine rings is 1. The first-order valence-corrected chi connectivity index (χ1v) is 14.0. The third-order valence-electron chi connectivity index (χ3n) is 6.41. The Balaban J connectivity index is 1.39. The first-order valence-electron chi connectivity index (χ1n) is 11.6. The van der Waals surface area contributed by atoms with Crippen LogP contribution in [0.15, 0.2) is 52.4 Å². The summed E-state index contributed by atoms with van der Waals surface area (Å²) in [5.74, 6) is 0.618. The topological polar surface area (TPSA) is 79.4 Å². The molecule has 0 bridgehead atoms. The molecule has 3 aromatic rings. The van der Waals surface area contributed by atoms with Crippen LogP contribution in [0.1, 0.15) is 36.5 Å². The van der Waals surface area contributed by atoms with E-state index in [9.17, 15) is 13.2 Å². The van der Waals surface area contributed by atoms with Gasteiger partial charge in [-0.3, -0.25) is 4.79 Å². The van der Waals surface area contributed by atoms with Gasteiger partial charge in [-0.2, -0.15) is 4.31 Å². The molecule has 0 spiro atoms. The molecule has 6 nitrogen and oxygen atoms in total. The maximum Gasteiger partial charge on any atom is 0.243 e. The summed E-state index contributed by atoms with van der Waals surface area (Å²) in [6.45, 7) is 9.39. The third kappa shape index (κ3) is 5.29. The van der Waals surface area contributed by atoms with E-state index in [1.165, 1.54) is 17.3 Å². The number of sulfonamides is 1. The number of hydrogen-bond donors (Lipinski definition) is 1. The quantitative estimate of drug-likeness (QED) is 0.467. The first kappa shape index (κ1) is 24.7. The summed E-state index contributed by atoms with van der Waals surface area (Å²) in [6.07, 6.45) is 1.77.